The molecule has 1 amide bonds. The summed E-state index contributed by atoms with van der Waals surface area (Å²) in [5, 5.41) is 0.561. The minimum absolute atomic E-state index is 0.0245. The number of halogens is 3. The summed E-state index contributed by atoms with van der Waals surface area (Å²) in [5.41, 5.74) is -0.155. The smallest absolute Gasteiger partial charge is 0.410 e. The highest BCUT2D eigenvalue weighted by atomic mass is 79.9. The molecule has 2 heterocycles. The molecule has 1 fully saturated rings. The van der Waals surface area contributed by atoms with Gasteiger partial charge in [-0.15, -0.1) is 0 Å². The van der Waals surface area contributed by atoms with E-state index in [1.807, 2.05) is 25.7 Å². The zero-order valence-corrected chi connectivity index (χ0v) is 18.4. The molecule has 152 valence electrons. The zero-order valence-electron chi connectivity index (χ0n) is 16.1. The van der Waals surface area contributed by atoms with Crippen molar-refractivity contribution in [1.82, 2.24) is 14.9 Å². The Balaban J connectivity index is 1.91. The van der Waals surface area contributed by atoms with E-state index in [4.69, 9.17) is 21.1 Å². The van der Waals surface area contributed by atoms with Crippen LogP contribution in [0.25, 0.3) is 10.9 Å². The van der Waals surface area contributed by atoms with Gasteiger partial charge in [0, 0.05) is 26.2 Å². The van der Waals surface area contributed by atoms with Crippen molar-refractivity contribution in [3.63, 3.8) is 0 Å². The van der Waals surface area contributed by atoms with Gasteiger partial charge in [0.25, 0.3) is 0 Å². The van der Waals surface area contributed by atoms with E-state index in [0.717, 1.165) is 0 Å². The number of methoxy groups -OCH3 is 1. The molecule has 0 radical (unpaired) electrons. The number of amides is 1. The van der Waals surface area contributed by atoms with Gasteiger partial charge in [0.1, 0.15) is 17.7 Å². The van der Waals surface area contributed by atoms with Gasteiger partial charge in [-0.3, -0.25) is 0 Å². The van der Waals surface area contributed by atoms with Crippen LogP contribution < -0.4 is 9.64 Å². The lowest BCUT2D eigenvalue weighted by atomic mass is 10.1. The Kier molecular flexibility index (Phi) is 5.86. The van der Waals surface area contributed by atoms with Gasteiger partial charge < -0.3 is 19.3 Å². The second kappa shape index (κ2) is 7.87. The largest absolute Gasteiger partial charge is 0.493 e. The van der Waals surface area contributed by atoms with Crippen LogP contribution in [-0.2, 0) is 4.74 Å². The lowest BCUT2D eigenvalue weighted by Crippen LogP contribution is -2.50. The summed E-state index contributed by atoms with van der Waals surface area (Å²) >= 11 is 9.42. The minimum atomic E-state index is -0.608. The van der Waals surface area contributed by atoms with Gasteiger partial charge in [0.15, 0.2) is 11.6 Å². The van der Waals surface area contributed by atoms with Crippen LogP contribution in [0.1, 0.15) is 20.8 Å². The van der Waals surface area contributed by atoms with Crippen molar-refractivity contribution in [2.24, 2.45) is 0 Å². The number of carbonyl (C=O) groups excluding carboxylic acids is 1. The highest BCUT2D eigenvalue weighted by Crippen LogP contribution is 2.43. The van der Waals surface area contributed by atoms with Crippen molar-refractivity contribution in [2.45, 2.75) is 26.4 Å². The number of carbonyl (C=O) groups is 1. The molecule has 2 aromatic rings. The summed E-state index contributed by atoms with van der Waals surface area (Å²) < 4.78 is 25.5. The topological polar surface area (TPSA) is 67.8 Å². The van der Waals surface area contributed by atoms with Gasteiger partial charge in [0.05, 0.1) is 27.5 Å². The number of rotatable bonds is 2. The van der Waals surface area contributed by atoms with E-state index in [2.05, 4.69) is 25.9 Å². The summed E-state index contributed by atoms with van der Waals surface area (Å²) in [6, 6.07) is 0. The molecule has 0 bridgehead atoms. The number of aromatic nitrogens is 2. The molecular formula is C18H21BrClFN4O3. The molecule has 0 spiro atoms. The Morgan fingerprint density at radius 2 is 1.89 bits per heavy atom. The van der Waals surface area contributed by atoms with Gasteiger partial charge in [0.2, 0.25) is 0 Å². The Labute approximate surface area is 175 Å². The molecule has 1 aromatic heterocycles. The summed E-state index contributed by atoms with van der Waals surface area (Å²) in [4.78, 5) is 24.4. The van der Waals surface area contributed by atoms with E-state index in [1.165, 1.54) is 13.4 Å². The first-order valence-corrected chi connectivity index (χ1v) is 9.89. The third-order valence-electron chi connectivity index (χ3n) is 4.28. The third-order valence-corrected chi connectivity index (χ3v) is 5.62. The van der Waals surface area contributed by atoms with Gasteiger partial charge in [-0.05, 0) is 36.7 Å². The monoisotopic (exact) mass is 474 g/mol. The van der Waals surface area contributed by atoms with E-state index in [1.54, 1.807) is 4.90 Å². The average Bonchev–Trinajstić information content (AvgIpc) is 2.65. The maximum absolute atomic E-state index is 14.7. The number of ether oxygens (including phenoxy) is 2. The molecule has 1 aromatic carbocycles. The van der Waals surface area contributed by atoms with Crippen molar-refractivity contribution in [3.8, 4) is 5.75 Å². The lowest BCUT2D eigenvalue weighted by molar-refractivity contribution is 0.0240. The molecule has 0 aliphatic carbocycles. The van der Waals surface area contributed by atoms with Gasteiger partial charge in [-0.2, -0.15) is 0 Å². The lowest BCUT2D eigenvalue weighted by Gasteiger charge is -2.36. The molecule has 1 aliphatic heterocycles. The second-order valence-corrected chi connectivity index (χ2v) is 8.52. The fraction of sp³-hybridized carbons (Fsp3) is 0.500. The van der Waals surface area contributed by atoms with Gasteiger partial charge >= 0.3 is 6.09 Å². The second-order valence-electron chi connectivity index (χ2n) is 7.35. The van der Waals surface area contributed by atoms with Crippen LogP contribution in [0.2, 0.25) is 5.02 Å². The average molecular weight is 476 g/mol. The van der Waals surface area contributed by atoms with E-state index in [0.29, 0.717) is 42.9 Å². The van der Waals surface area contributed by atoms with Crippen molar-refractivity contribution in [2.75, 3.05) is 38.2 Å². The predicted molar refractivity (Wildman–Crippen MR) is 109 cm³/mol. The number of anilines is 1. The standard InChI is InChI=1S/C18H21BrClFN4O3/c1-18(2,3)28-17(26)25-7-5-24(6-8-25)16-10-14(22-9-23-16)12(20)11(19)13(21)15(10)27-4/h9H,5-8H2,1-4H3. The number of hydrogen-bond acceptors (Lipinski definition) is 6. The first kappa shape index (κ1) is 20.9. The Morgan fingerprint density at radius 1 is 1.25 bits per heavy atom. The fourth-order valence-electron chi connectivity index (χ4n) is 3.02. The van der Waals surface area contributed by atoms with Crippen molar-refractivity contribution in [3.05, 3.63) is 21.6 Å². The molecular weight excluding hydrogens is 455 g/mol. The van der Waals surface area contributed by atoms with Crippen LogP contribution >= 0.6 is 27.5 Å². The fourth-order valence-corrected chi connectivity index (χ4v) is 3.61. The SMILES string of the molecule is COc1c(F)c(Br)c(Cl)c2ncnc(N3CCN(C(=O)OC(C)(C)C)CC3)c12. The molecule has 1 aliphatic rings. The van der Waals surface area contributed by atoms with Crippen LogP contribution in [0.5, 0.6) is 5.75 Å². The molecule has 10 heteroatoms. The van der Waals surface area contributed by atoms with Crippen LogP contribution in [0.15, 0.2) is 10.8 Å². The van der Waals surface area contributed by atoms with Crippen LogP contribution in [0.4, 0.5) is 15.0 Å². The normalized spacial score (nSPS) is 15.1. The summed E-state index contributed by atoms with van der Waals surface area (Å²) in [5.74, 6) is -0.0705. The first-order chi connectivity index (χ1) is 13.1. The molecule has 0 unspecified atom stereocenters. The Morgan fingerprint density at radius 3 is 2.46 bits per heavy atom. The number of piperazine rings is 1. The number of benzene rings is 1. The number of nitrogens with zero attached hydrogens (tertiary/aromatic N) is 4. The predicted octanol–water partition coefficient (Wildman–Crippen LogP) is 4.25. The number of fused-ring (bicyclic) bond motifs is 1. The highest BCUT2D eigenvalue weighted by molar-refractivity contribution is 9.10. The maximum Gasteiger partial charge on any atom is 0.410 e. The molecule has 28 heavy (non-hydrogen) atoms. The molecule has 7 nitrogen and oxygen atoms in total. The summed E-state index contributed by atoms with van der Waals surface area (Å²) in [6.07, 6.45) is 1.03. The van der Waals surface area contributed by atoms with Crippen molar-refractivity contribution in [1.29, 1.82) is 0 Å². The van der Waals surface area contributed by atoms with Crippen LogP contribution in [0.3, 0.4) is 0 Å². The van der Waals surface area contributed by atoms with Gasteiger partial charge in [-0.25, -0.2) is 19.2 Å². The third kappa shape index (κ3) is 3.96. The highest BCUT2D eigenvalue weighted by Gasteiger charge is 2.29. The summed E-state index contributed by atoms with van der Waals surface area (Å²) in [6.45, 7) is 7.41. The van der Waals surface area contributed by atoms with E-state index >= 15 is 0 Å². The van der Waals surface area contributed by atoms with E-state index < -0.39 is 11.4 Å². The van der Waals surface area contributed by atoms with Gasteiger partial charge in [-0.1, -0.05) is 11.6 Å². The molecule has 1 saturated heterocycles. The molecule has 0 N–H and O–H groups in total. The molecule has 0 atom stereocenters. The zero-order chi connectivity index (χ0) is 20.6. The molecule has 3 rings (SSSR count). The number of hydrogen-bond donors (Lipinski definition) is 0. The van der Waals surface area contributed by atoms with Crippen LogP contribution in [-0.4, -0.2) is 59.9 Å². The van der Waals surface area contributed by atoms with Crippen molar-refractivity contribution >= 4 is 50.3 Å². The minimum Gasteiger partial charge on any atom is -0.493 e. The Hall–Kier alpha value is -1.87. The maximum atomic E-state index is 14.7. The Bertz CT molecular complexity index is 914. The summed E-state index contributed by atoms with van der Waals surface area (Å²) in [7, 11) is 1.38. The molecule has 0 saturated carbocycles. The van der Waals surface area contributed by atoms with E-state index in [9.17, 15) is 9.18 Å². The van der Waals surface area contributed by atoms with Crippen molar-refractivity contribution < 1.29 is 18.7 Å². The van der Waals surface area contributed by atoms with Crippen LogP contribution in [0, 0.1) is 5.82 Å². The quantitative estimate of drug-likeness (QED) is 0.605. The van der Waals surface area contributed by atoms with E-state index in [-0.39, 0.29) is 21.3 Å². The first-order valence-electron chi connectivity index (χ1n) is 8.72.